The first kappa shape index (κ1) is 20.3. The molecule has 150 valence electrons. The molecule has 3 aromatic rings. The smallest absolute Gasteiger partial charge is 0.261 e. The van der Waals surface area contributed by atoms with Gasteiger partial charge in [-0.15, -0.1) is 0 Å². The lowest BCUT2D eigenvalue weighted by Gasteiger charge is -2.08. The highest BCUT2D eigenvalue weighted by molar-refractivity contribution is 7.92. The van der Waals surface area contributed by atoms with Gasteiger partial charge in [0.2, 0.25) is 0 Å². The summed E-state index contributed by atoms with van der Waals surface area (Å²) in [4.78, 5) is 4.25. The van der Waals surface area contributed by atoms with Gasteiger partial charge in [0.1, 0.15) is 5.82 Å². The molecule has 29 heavy (non-hydrogen) atoms. The number of halogens is 1. The highest BCUT2D eigenvalue weighted by atomic mass is 32.2. The third-order valence-corrected chi connectivity index (χ3v) is 5.32. The van der Waals surface area contributed by atoms with E-state index in [0.29, 0.717) is 29.3 Å². The molecule has 0 heterocycles. The van der Waals surface area contributed by atoms with Crippen molar-refractivity contribution in [2.45, 2.75) is 11.8 Å². The lowest BCUT2D eigenvalue weighted by atomic mass is 10.2. The van der Waals surface area contributed by atoms with Crippen LogP contribution in [0, 0.1) is 5.82 Å². The summed E-state index contributed by atoms with van der Waals surface area (Å²) in [6, 6.07) is 16.0. The van der Waals surface area contributed by atoms with E-state index in [-0.39, 0.29) is 10.6 Å². The van der Waals surface area contributed by atoms with Gasteiger partial charge in [-0.05, 0) is 67.6 Å². The first-order chi connectivity index (χ1) is 13.9. The second kappa shape index (κ2) is 8.74. The predicted molar refractivity (Wildman–Crippen MR) is 110 cm³/mol. The average Bonchev–Trinajstić information content (AvgIpc) is 2.70. The Kier molecular flexibility index (Phi) is 6.13. The van der Waals surface area contributed by atoms with E-state index < -0.39 is 15.8 Å². The number of ether oxygens (including phenoxy) is 1. The number of aliphatic imine (C=N–C) groups is 1. The maximum Gasteiger partial charge on any atom is 0.261 e. The number of sulfonamides is 1. The van der Waals surface area contributed by atoms with Crippen LogP contribution in [0.4, 0.5) is 15.8 Å². The van der Waals surface area contributed by atoms with Gasteiger partial charge in [0.05, 0.1) is 17.2 Å². The Morgan fingerprint density at radius 2 is 1.76 bits per heavy atom. The van der Waals surface area contributed by atoms with Crippen molar-refractivity contribution in [2.24, 2.45) is 4.99 Å². The van der Waals surface area contributed by atoms with Gasteiger partial charge in [0.15, 0.2) is 11.5 Å². The number of nitrogens with zero attached hydrogens (tertiary/aromatic N) is 1. The van der Waals surface area contributed by atoms with Crippen LogP contribution in [0.1, 0.15) is 12.5 Å². The fourth-order valence-electron chi connectivity index (χ4n) is 2.50. The van der Waals surface area contributed by atoms with Crippen LogP contribution in [0.25, 0.3) is 0 Å². The van der Waals surface area contributed by atoms with Crippen LogP contribution in [0.2, 0.25) is 0 Å². The number of benzene rings is 3. The largest absolute Gasteiger partial charge is 0.504 e. The Bertz CT molecular complexity index is 1110. The van der Waals surface area contributed by atoms with Crippen LogP contribution in [-0.4, -0.2) is 26.3 Å². The minimum absolute atomic E-state index is 0.00165. The van der Waals surface area contributed by atoms with E-state index in [0.717, 1.165) is 12.1 Å². The van der Waals surface area contributed by atoms with Crippen LogP contribution in [-0.2, 0) is 10.0 Å². The number of hydrogen-bond donors (Lipinski definition) is 2. The van der Waals surface area contributed by atoms with Crippen LogP contribution in [0.3, 0.4) is 0 Å². The molecule has 0 fully saturated rings. The molecular formula is C21H19FN2O4S. The molecule has 0 radical (unpaired) electrons. The summed E-state index contributed by atoms with van der Waals surface area (Å²) in [6.45, 7) is 2.26. The summed E-state index contributed by atoms with van der Waals surface area (Å²) in [6.07, 6.45) is 1.50. The van der Waals surface area contributed by atoms with Crippen molar-refractivity contribution in [1.82, 2.24) is 0 Å². The number of para-hydroxylation sites is 1. The highest BCUT2D eigenvalue weighted by Crippen LogP contribution is 2.29. The lowest BCUT2D eigenvalue weighted by molar-refractivity contribution is 0.318. The summed E-state index contributed by atoms with van der Waals surface area (Å²) in [5.74, 6) is -0.132. The van der Waals surface area contributed by atoms with Crippen molar-refractivity contribution in [2.75, 3.05) is 11.3 Å². The van der Waals surface area contributed by atoms with Gasteiger partial charge in [-0.2, -0.15) is 0 Å². The molecule has 0 unspecified atom stereocenters. The van der Waals surface area contributed by atoms with E-state index in [1.54, 1.807) is 42.5 Å². The van der Waals surface area contributed by atoms with Gasteiger partial charge >= 0.3 is 0 Å². The molecule has 3 rings (SSSR count). The van der Waals surface area contributed by atoms with Crippen molar-refractivity contribution in [3.05, 3.63) is 78.1 Å². The Morgan fingerprint density at radius 1 is 1.07 bits per heavy atom. The molecule has 0 saturated carbocycles. The summed E-state index contributed by atoms with van der Waals surface area (Å²) in [5, 5.41) is 10.2. The Labute approximate surface area is 168 Å². The minimum atomic E-state index is -3.82. The van der Waals surface area contributed by atoms with E-state index in [1.165, 1.54) is 18.3 Å². The predicted octanol–water partition coefficient (Wildman–Crippen LogP) is 4.48. The number of rotatable bonds is 7. The van der Waals surface area contributed by atoms with Gasteiger partial charge in [0, 0.05) is 17.5 Å². The molecule has 0 aromatic heterocycles. The van der Waals surface area contributed by atoms with Crippen molar-refractivity contribution < 1.29 is 22.7 Å². The molecule has 0 atom stereocenters. The van der Waals surface area contributed by atoms with E-state index >= 15 is 0 Å². The van der Waals surface area contributed by atoms with Crippen LogP contribution in [0.15, 0.2) is 76.6 Å². The molecule has 0 aliphatic heterocycles. The normalized spacial score (nSPS) is 11.5. The fraction of sp³-hybridized carbons (Fsp3) is 0.0952. The van der Waals surface area contributed by atoms with Crippen molar-refractivity contribution in [3.8, 4) is 11.5 Å². The fourth-order valence-corrected chi connectivity index (χ4v) is 3.56. The summed E-state index contributed by atoms with van der Waals surface area (Å²) >= 11 is 0. The molecule has 0 saturated heterocycles. The number of phenolic OH excluding ortho intramolecular Hbond substituents is 1. The summed E-state index contributed by atoms with van der Waals surface area (Å²) in [5.41, 5.74) is 1.41. The van der Waals surface area contributed by atoms with Gasteiger partial charge in [0.25, 0.3) is 10.0 Å². The molecule has 8 heteroatoms. The lowest BCUT2D eigenvalue weighted by Crippen LogP contribution is -2.12. The third kappa shape index (κ3) is 5.11. The maximum absolute atomic E-state index is 13.0. The topological polar surface area (TPSA) is 88.0 Å². The number of aromatic hydroxyl groups is 1. The van der Waals surface area contributed by atoms with Crippen molar-refractivity contribution in [1.29, 1.82) is 0 Å². The maximum atomic E-state index is 13.0. The molecule has 3 aromatic carbocycles. The van der Waals surface area contributed by atoms with E-state index in [2.05, 4.69) is 9.71 Å². The first-order valence-electron chi connectivity index (χ1n) is 8.76. The Hall–Kier alpha value is -3.39. The van der Waals surface area contributed by atoms with E-state index in [4.69, 9.17) is 4.74 Å². The zero-order valence-electron chi connectivity index (χ0n) is 15.5. The molecule has 6 nitrogen and oxygen atoms in total. The average molecular weight is 414 g/mol. The number of hydrogen-bond acceptors (Lipinski definition) is 5. The number of phenols is 1. The molecule has 0 bridgehead atoms. The monoisotopic (exact) mass is 414 g/mol. The third-order valence-electron chi connectivity index (χ3n) is 3.93. The second-order valence-electron chi connectivity index (χ2n) is 5.99. The molecular weight excluding hydrogens is 395 g/mol. The van der Waals surface area contributed by atoms with Gasteiger partial charge in [-0.3, -0.25) is 9.71 Å². The van der Waals surface area contributed by atoms with Crippen molar-refractivity contribution in [3.63, 3.8) is 0 Å². The molecule has 0 aliphatic rings. The number of nitrogens with one attached hydrogen (secondary N) is 1. The van der Waals surface area contributed by atoms with Crippen molar-refractivity contribution >= 4 is 27.6 Å². The Morgan fingerprint density at radius 3 is 2.41 bits per heavy atom. The molecule has 0 amide bonds. The van der Waals surface area contributed by atoms with E-state index in [9.17, 15) is 17.9 Å². The zero-order chi connectivity index (χ0) is 20.9. The molecule has 2 N–H and O–H groups in total. The first-order valence-corrected chi connectivity index (χ1v) is 10.2. The SMILES string of the molecule is CCOc1cccc(C=Nc2ccc(NS(=O)(=O)c3ccc(F)cc3)cc2)c1O. The van der Waals surface area contributed by atoms with Crippen LogP contribution in [0.5, 0.6) is 11.5 Å². The van der Waals surface area contributed by atoms with Crippen LogP contribution >= 0.6 is 0 Å². The molecule has 0 spiro atoms. The zero-order valence-corrected chi connectivity index (χ0v) is 16.4. The Balaban J connectivity index is 1.73. The van der Waals surface area contributed by atoms with Gasteiger partial charge in [-0.25, -0.2) is 12.8 Å². The minimum Gasteiger partial charge on any atom is -0.504 e. The van der Waals surface area contributed by atoms with Gasteiger partial charge in [-0.1, -0.05) is 6.07 Å². The van der Waals surface area contributed by atoms with Crippen LogP contribution < -0.4 is 9.46 Å². The standard InChI is InChI=1S/C21H19FN2O4S/c1-2-28-20-5-3-4-15(21(20)25)14-23-17-8-10-18(11-9-17)24-29(26,27)19-12-6-16(22)7-13-19/h3-14,24-25H,2H2,1H3. The number of anilines is 1. The van der Waals surface area contributed by atoms with E-state index in [1.807, 2.05) is 6.92 Å². The summed E-state index contributed by atoms with van der Waals surface area (Å²) < 4.78 is 45.4. The van der Waals surface area contributed by atoms with Gasteiger partial charge < -0.3 is 9.84 Å². The highest BCUT2D eigenvalue weighted by Gasteiger charge is 2.14. The molecule has 0 aliphatic carbocycles. The summed E-state index contributed by atoms with van der Waals surface area (Å²) in [7, 11) is -3.82. The second-order valence-corrected chi connectivity index (χ2v) is 7.67. The quantitative estimate of drug-likeness (QED) is 0.558.